The highest BCUT2D eigenvalue weighted by molar-refractivity contribution is 6.33. The number of hydrogen-bond acceptors (Lipinski definition) is 2. The summed E-state index contributed by atoms with van der Waals surface area (Å²) in [6.45, 7) is 6.28. The van der Waals surface area contributed by atoms with Gasteiger partial charge in [-0.05, 0) is 42.3 Å². The van der Waals surface area contributed by atoms with E-state index in [9.17, 15) is 4.79 Å². The van der Waals surface area contributed by atoms with Gasteiger partial charge in [-0.2, -0.15) is 0 Å². The first-order valence-electron chi connectivity index (χ1n) is 8.89. The van der Waals surface area contributed by atoms with Crippen LogP contribution in [0.2, 0.25) is 5.02 Å². The second kappa shape index (κ2) is 7.46. The molecule has 4 heteroatoms. The molecule has 0 bridgehead atoms. The minimum atomic E-state index is -0.170. The number of aryl methyl sites for hydroxylation is 1. The SMILES string of the molecule is CCC(C)c1c(C(=O)NC)nc(-c2cc(C)ccc2Cl)c2ccccc12. The van der Waals surface area contributed by atoms with Gasteiger partial charge >= 0.3 is 0 Å². The van der Waals surface area contributed by atoms with Crippen LogP contribution in [-0.4, -0.2) is 17.9 Å². The number of carbonyl (C=O) groups excluding carboxylic acids is 1. The first kappa shape index (κ1) is 18.4. The van der Waals surface area contributed by atoms with E-state index < -0.39 is 0 Å². The molecule has 3 aromatic rings. The Morgan fingerprint density at radius 2 is 1.88 bits per heavy atom. The number of fused-ring (bicyclic) bond motifs is 1. The fraction of sp³-hybridized carbons (Fsp3) is 0.273. The molecular weight excluding hydrogens is 344 g/mol. The molecule has 1 N–H and O–H groups in total. The van der Waals surface area contributed by atoms with Crippen molar-refractivity contribution in [1.82, 2.24) is 10.3 Å². The van der Waals surface area contributed by atoms with Gasteiger partial charge < -0.3 is 5.32 Å². The van der Waals surface area contributed by atoms with Crippen LogP contribution < -0.4 is 5.32 Å². The number of rotatable bonds is 4. The Morgan fingerprint density at radius 1 is 1.19 bits per heavy atom. The average Bonchev–Trinajstić information content (AvgIpc) is 2.67. The zero-order chi connectivity index (χ0) is 18.8. The van der Waals surface area contributed by atoms with Crippen molar-refractivity contribution < 1.29 is 4.79 Å². The van der Waals surface area contributed by atoms with Gasteiger partial charge in [0.1, 0.15) is 5.69 Å². The lowest BCUT2D eigenvalue weighted by atomic mass is 9.89. The monoisotopic (exact) mass is 366 g/mol. The number of amides is 1. The topological polar surface area (TPSA) is 42.0 Å². The summed E-state index contributed by atoms with van der Waals surface area (Å²) < 4.78 is 0. The number of halogens is 1. The largest absolute Gasteiger partial charge is 0.354 e. The third-order valence-electron chi connectivity index (χ3n) is 4.88. The summed E-state index contributed by atoms with van der Waals surface area (Å²) in [5, 5.41) is 5.44. The van der Waals surface area contributed by atoms with Crippen molar-refractivity contribution >= 4 is 28.3 Å². The predicted octanol–water partition coefficient (Wildman–Crippen LogP) is 5.74. The Labute approximate surface area is 159 Å². The van der Waals surface area contributed by atoms with E-state index in [4.69, 9.17) is 16.6 Å². The molecule has 1 amide bonds. The normalized spacial score (nSPS) is 12.2. The maximum absolute atomic E-state index is 12.6. The van der Waals surface area contributed by atoms with Crippen LogP contribution in [0.1, 0.15) is 47.8 Å². The van der Waals surface area contributed by atoms with E-state index in [0.29, 0.717) is 10.7 Å². The van der Waals surface area contributed by atoms with Gasteiger partial charge in [-0.3, -0.25) is 4.79 Å². The first-order chi connectivity index (χ1) is 12.5. The van der Waals surface area contributed by atoms with Gasteiger partial charge in [0.25, 0.3) is 5.91 Å². The third-order valence-corrected chi connectivity index (χ3v) is 5.20. The number of nitrogens with zero attached hydrogens (tertiary/aromatic N) is 1. The van der Waals surface area contributed by atoms with Crippen LogP contribution in [-0.2, 0) is 0 Å². The van der Waals surface area contributed by atoms with E-state index >= 15 is 0 Å². The molecule has 3 rings (SSSR count). The Bertz CT molecular complexity index is 981. The maximum atomic E-state index is 12.6. The Kier molecular flexibility index (Phi) is 5.28. The summed E-state index contributed by atoms with van der Waals surface area (Å²) in [6, 6.07) is 14.0. The van der Waals surface area contributed by atoms with Crippen LogP contribution in [0.15, 0.2) is 42.5 Å². The van der Waals surface area contributed by atoms with Crippen LogP contribution in [0, 0.1) is 6.92 Å². The number of aromatic nitrogens is 1. The maximum Gasteiger partial charge on any atom is 0.269 e. The van der Waals surface area contributed by atoms with Gasteiger partial charge in [-0.1, -0.05) is 61.3 Å². The molecular formula is C22H23ClN2O. The highest BCUT2D eigenvalue weighted by Gasteiger charge is 2.23. The van der Waals surface area contributed by atoms with Crippen molar-refractivity contribution in [2.24, 2.45) is 0 Å². The number of benzene rings is 2. The van der Waals surface area contributed by atoms with Crippen molar-refractivity contribution in [2.75, 3.05) is 7.05 Å². The number of nitrogens with one attached hydrogen (secondary N) is 1. The molecule has 26 heavy (non-hydrogen) atoms. The number of hydrogen-bond donors (Lipinski definition) is 1. The standard InChI is InChI=1S/C22H23ClN2O/c1-5-14(3)19-15-8-6-7-9-16(15)20(25-21(19)22(26)24-4)17-12-13(2)10-11-18(17)23/h6-12,14H,5H2,1-4H3,(H,24,26). The molecule has 0 aliphatic heterocycles. The molecule has 0 spiro atoms. The fourth-order valence-electron chi connectivity index (χ4n) is 3.30. The molecule has 1 aromatic heterocycles. The van der Waals surface area contributed by atoms with Crippen molar-refractivity contribution in [3.63, 3.8) is 0 Å². The highest BCUT2D eigenvalue weighted by atomic mass is 35.5. The minimum Gasteiger partial charge on any atom is -0.354 e. The van der Waals surface area contributed by atoms with Gasteiger partial charge in [-0.15, -0.1) is 0 Å². The van der Waals surface area contributed by atoms with Gasteiger partial charge in [0.05, 0.1) is 5.69 Å². The third kappa shape index (κ3) is 3.19. The van der Waals surface area contributed by atoms with E-state index in [1.807, 2.05) is 37.3 Å². The molecule has 1 heterocycles. The van der Waals surface area contributed by atoms with Crippen LogP contribution in [0.25, 0.3) is 22.0 Å². The molecule has 0 saturated heterocycles. The van der Waals surface area contributed by atoms with Gasteiger partial charge in [0, 0.05) is 23.0 Å². The smallest absolute Gasteiger partial charge is 0.269 e. The molecule has 0 aliphatic carbocycles. The number of carbonyl (C=O) groups is 1. The van der Waals surface area contributed by atoms with Gasteiger partial charge in [0.15, 0.2) is 0 Å². The summed E-state index contributed by atoms with van der Waals surface area (Å²) in [5.41, 5.74) is 4.18. The molecule has 2 aromatic carbocycles. The molecule has 3 nitrogen and oxygen atoms in total. The van der Waals surface area contributed by atoms with Crippen LogP contribution >= 0.6 is 11.6 Å². The fourth-order valence-corrected chi connectivity index (χ4v) is 3.51. The summed E-state index contributed by atoms with van der Waals surface area (Å²) in [5.74, 6) is 0.0535. The molecule has 1 atom stereocenters. The van der Waals surface area contributed by atoms with Gasteiger partial charge in [0.2, 0.25) is 0 Å². The van der Waals surface area contributed by atoms with E-state index in [1.54, 1.807) is 7.05 Å². The predicted molar refractivity (Wildman–Crippen MR) is 109 cm³/mol. The minimum absolute atomic E-state index is 0.170. The second-order valence-electron chi connectivity index (χ2n) is 6.64. The van der Waals surface area contributed by atoms with Crippen LogP contribution in [0.4, 0.5) is 0 Å². The molecule has 0 fully saturated rings. The molecule has 1 unspecified atom stereocenters. The first-order valence-corrected chi connectivity index (χ1v) is 9.27. The second-order valence-corrected chi connectivity index (χ2v) is 7.05. The quantitative estimate of drug-likeness (QED) is 0.640. The zero-order valence-electron chi connectivity index (χ0n) is 15.6. The molecule has 0 radical (unpaired) electrons. The van der Waals surface area contributed by atoms with E-state index in [1.165, 1.54) is 0 Å². The van der Waals surface area contributed by atoms with Gasteiger partial charge in [-0.25, -0.2) is 4.98 Å². The lowest BCUT2D eigenvalue weighted by molar-refractivity contribution is 0.0957. The van der Waals surface area contributed by atoms with Crippen molar-refractivity contribution in [3.8, 4) is 11.3 Å². The molecule has 0 saturated carbocycles. The summed E-state index contributed by atoms with van der Waals surface area (Å²) in [4.78, 5) is 17.4. The summed E-state index contributed by atoms with van der Waals surface area (Å²) in [6.07, 6.45) is 0.931. The zero-order valence-corrected chi connectivity index (χ0v) is 16.3. The Balaban J connectivity index is 2.45. The molecule has 134 valence electrons. The Hall–Kier alpha value is -2.39. The molecule has 0 aliphatic rings. The Morgan fingerprint density at radius 3 is 2.54 bits per heavy atom. The van der Waals surface area contributed by atoms with E-state index in [-0.39, 0.29) is 11.8 Å². The van der Waals surface area contributed by atoms with Crippen molar-refractivity contribution in [1.29, 1.82) is 0 Å². The summed E-state index contributed by atoms with van der Waals surface area (Å²) >= 11 is 6.49. The van der Waals surface area contributed by atoms with Crippen molar-refractivity contribution in [2.45, 2.75) is 33.1 Å². The van der Waals surface area contributed by atoms with Crippen molar-refractivity contribution in [3.05, 3.63) is 64.3 Å². The average molecular weight is 367 g/mol. The number of pyridine rings is 1. The lowest BCUT2D eigenvalue weighted by Gasteiger charge is -2.19. The van der Waals surface area contributed by atoms with Crippen LogP contribution in [0.3, 0.4) is 0 Å². The van der Waals surface area contributed by atoms with E-state index in [2.05, 4.69) is 31.3 Å². The summed E-state index contributed by atoms with van der Waals surface area (Å²) in [7, 11) is 1.64. The lowest BCUT2D eigenvalue weighted by Crippen LogP contribution is -2.22. The van der Waals surface area contributed by atoms with E-state index in [0.717, 1.165) is 39.6 Å². The highest BCUT2D eigenvalue weighted by Crippen LogP contribution is 2.38. The van der Waals surface area contributed by atoms with Crippen LogP contribution in [0.5, 0.6) is 0 Å².